The minimum atomic E-state index is -2.19. The molecule has 4 atom stereocenters. The molecule has 0 heterocycles. The van der Waals surface area contributed by atoms with Gasteiger partial charge >= 0.3 is 0 Å². The number of hydrogen-bond acceptors (Lipinski definition) is 6. The third-order valence-electron chi connectivity index (χ3n) is 2.88. The summed E-state index contributed by atoms with van der Waals surface area (Å²) in [6.07, 6.45) is -3.23. The maximum absolute atomic E-state index is 11.9. The Morgan fingerprint density at radius 1 is 1.33 bits per heavy atom. The fourth-order valence-corrected chi connectivity index (χ4v) is 2.17. The van der Waals surface area contributed by atoms with Crippen LogP contribution >= 0.6 is 22.6 Å². The van der Waals surface area contributed by atoms with Crippen molar-refractivity contribution in [2.24, 2.45) is 0 Å². The lowest BCUT2D eigenvalue weighted by Gasteiger charge is -2.33. The lowest BCUT2D eigenvalue weighted by atomic mass is 10.0. The number of aliphatic hydroxyl groups is 4. The Morgan fingerprint density at radius 2 is 1.90 bits per heavy atom. The summed E-state index contributed by atoms with van der Waals surface area (Å²) in [6, 6.07) is 6.56. The zero-order valence-electron chi connectivity index (χ0n) is 10.9. The largest absolute Gasteiger partial charge is 0.394 e. The Labute approximate surface area is 134 Å². The maximum Gasteiger partial charge on any atom is 0.251 e. The van der Waals surface area contributed by atoms with Crippen molar-refractivity contribution in [1.82, 2.24) is 5.32 Å². The van der Waals surface area contributed by atoms with Gasteiger partial charge in [-0.15, -0.1) is 0 Å². The first kappa shape index (κ1) is 18.0. The van der Waals surface area contributed by atoms with Crippen molar-refractivity contribution in [2.45, 2.75) is 21.9 Å². The molecule has 0 aromatic heterocycles. The molecule has 0 spiro atoms. The number of rotatable bonds is 7. The van der Waals surface area contributed by atoms with Crippen molar-refractivity contribution in [3.05, 3.63) is 35.9 Å². The fourth-order valence-electron chi connectivity index (χ4n) is 1.59. The lowest BCUT2D eigenvalue weighted by Crippen LogP contribution is -2.58. The van der Waals surface area contributed by atoms with E-state index in [0.29, 0.717) is 0 Å². The molecule has 1 aromatic carbocycles. The maximum atomic E-state index is 11.9. The van der Waals surface area contributed by atoms with Gasteiger partial charge in [-0.3, -0.25) is 4.79 Å². The van der Waals surface area contributed by atoms with E-state index in [-0.39, 0.29) is 11.8 Å². The fraction of sp³-hybridized carbons (Fsp3) is 0.385. The van der Waals surface area contributed by atoms with Gasteiger partial charge in [0, 0.05) is 5.56 Å². The SMILES string of the molecule is O=C[C@H](NC(=O)c1ccccc1)[C@@H](O)[C@@](O)(I)[C@H](O)CO. The molecular weight excluding hydrogens is 393 g/mol. The molecule has 0 unspecified atom stereocenters. The first-order chi connectivity index (χ1) is 9.84. The van der Waals surface area contributed by atoms with Gasteiger partial charge < -0.3 is 30.5 Å². The normalized spacial score (nSPS) is 18.1. The molecule has 7 nitrogen and oxygen atoms in total. The van der Waals surface area contributed by atoms with Gasteiger partial charge in [-0.05, 0) is 34.7 Å². The van der Waals surface area contributed by atoms with Crippen LogP contribution in [-0.4, -0.2) is 61.1 Å². The number of carbonyl (C=O) groups excluding carboxylic acids is 2. The highest BCUT2D eigenvalue weighted by molar-refractivity contribution is 14.1. The van der Waals surface area contributed by atoms with E-state index in [9.17, 15) is 24.9 Å². The number of alkyl halides is 1. The number of amides is 1. The second kappa shape index (κ2) is 7.80. The van der Waals surface area contributed by atoms with Gasteiger partial charge in [0.15, 0.2) is 3.61 Å². The zero-order chi connectivity index (χ0) is 16.0. The molecule has 0 saturated carbocycles. The Hall–Kier alpha value is -1.07. The van der Waals surface area contributed by atoms with E-state index in [1.165, 1.54) is 34.7 Å². The Morgan fingerprint density at radius 3 is 2.38 bits per heavy atom. The highest BCUT2D eigenvalue weighted by atomic mass is 127. The van der Waals surface area contributed by atoms with Crippen molar-refractivity contribution in [3.8, 4) is 0 Å². The zero-order valence-corrected chi connectivity index (χ0v) is 13.0. The van der Waals surface area contributed by atoms with E-state index >= 15 is 0 Å². The van der Waals surface area contributed by atoms with E-state index in [1.54, 1.807) is 18.2 Å². The van der Waals surface area contributed by atoms with Gasteiger partial charge in [-0.1, -0.05) is 18.2 Å². The van der Waals surface area contributed by atoms with Gasteiger partial charge in [-0.2, -0.15) is 0 Å². The molecule has 0 fully saturated rings. The first-order valence-corrected chi connectivity index (χ1v) is 7.12. The Bertz CT molecular complexity index is 481. The van der Waals surface area contributed by atoms with Crippen LogP contribution in [-0.2, 0) is 4.79 Å². The van der Waals surface area contributed by atoms with Crippen LogP contribution in [0.15, 0.2) is 30.3 Å². The van der Waals surface area contributed by atoms with Crippen LogP contribution in [0.5, 0.6) is 0 Å². The number of carbonyl (C=O) groups is 2. The van der Waals surface area contributed by atoms with Gasteiger partial charge in [0.1, 0.15) is 24.5 Å². The number of aliphatic hydroxyl groups excluding tert-OH is 3. The number of aldehydes is 1. The number of benzene rings is 1. The van der Waals surface area contributed by atoms with Crippen molar-refractivity contribution in [1.29, 1.82) is 0 Å². The minimum absolute atomic E-state index is 0.249. The molecule has 1 aromatic rings. The van der Waals surface area contributed by atoms with Crippen molar-refractivity contribution >= 4 is 34.8 Å². The smallest absolute Gasteiger partial charge is 0.251 e. The summed E-state index contributed by atoms with van der Waals surface area (Å²) in [5.74, 6) is -0.613. The number of nitrogens with one attached hydrogen (secondary N) is 1. The third kappa shape index (κ3) is 4.45. The summed E-state index contributed by atoms with van der Waals surface area (Å²) >= 11 is 1.31. The molecule has 5 N–H and O–H groups in total. The lowest BCUT2D eigenvalue weighted by molar-refractivity contribution is -0.122. The monoisotopic (exact) mass is 409 g/mol. The van der Waals surface area contributed by atoms with Crippen molar-refractivity contribution in [3.63, 3.8) is 0 Å². The summed E-state index contributed by atoms with van der Waals surface area (Å²) in [6.45, 7) is -0.811. The van der Waals surface area contributed by atoms with Crippen LogP contribution < -0.4 is 5.32 Å². The highest BCUT2D eigenvalue weighted by Gasteiger charge is 2.44. The number of halogens is 1. The second-order valence-corrected chi connectivity index (χ2v) is 6.10. The molecule has 1 amide bonds. The number of hydrogen-bond donors (Lipinski definition) is 5. The van der Waals surface area contributed by atoms with Gasteiger partial charge in [0.2, 0.25) is 0 Å². The standard InChI is InChI=1S/C13H16INO6/c14-13(21,10(18)7-17)11(19)9(6-16)15-12(20)8-4-2-1-3-5-8/h1-6,9-11,17-19,21H,7H2,(H,15,20)/t9-,10+,11+,13+/m0/s1. The summed E-state index contributed by atoms with van der Waals surface area (Å²) in [7, 11) is 0. The summed E-state index contributed by atoms with van der Waals surface area (Å²) in [5.41, 5.74) is 0.274. The predicted molar refractivity (Wildman–Crippen MR) is 81.8 cm³/mol. The van der Waals surface area contributed by atoms with Crippen LogP contribution in [0.1, 0.15) is 10.4 Å². The summed E-state index contributed by atoms with van der Waals surface area (Å²) in [5, 5.41) is 40.5. The molecule has 1 rings (SSSR count). The molecule has 0 aliphatic rings. The van der Waals surface area contributed by atoms with E-state index in [1.807, 2.05) is 0 Å². The second-order valence-electron chi connectivity index (χ2n) is 4.37. The van der Waals surface area contributed by atoms with Crippen LogP contribution in [0.2, 0.25) is 0 Å². The van der Waals surface area contributed by atoms with Crippen LogP contribution in [0.4, 0.5) is 0 Å². The minimum Gasteiger partial charge on any atom is -0.394 e. The molecule has 0 bridgehead atoms. The van der Waals surface area contributed by atoms with Crippen molar-refractivity contribution < 1.29 is 30.0 Å². The molecule has 0 saturated heterocycles. The van der Waals surface area contributed by atoms with E-state index < -0.39 is 34.4 Å². The van der Waals surface area contributed by atoms with Gasteiger partial charge in [0.05, 0.1) is 6.61 Å². The molecule has 0 aliphatic heterocycles. The summed E-state index contributed by atoms with van der Waals surface area (Å²) < 4.78 is -2.19. The molecule has 8 heteroatoms. The van der Waals surface area contributed by atoms with Crippen LogP contribution in [0, 0.1) is 0 Å². The molecular formula is C13H16INO6. The topological polar surface area (TPSA) is 127 Å². The van der Waals surface area contributed by atoms with Crippen LogP contribution in [0.25, 0.3) is 0 Å². The van der Waals surface area contributed by atoms with Crippen LogP contribution in [0.3, 0.4) is 0 Å². The third-order valence-corrected chi connectivity index (χ3v) is 4.23. The molecule has 0 radical (unpaired) electrons. The first-order valence-electron chi connectivity index (χ1n) is 6.04. The predicted octanol–water partition coefficient (Wildman–Crippen LogP) is -1.18. The quantitative estimate of drug-likeness (QED) is 0.219. The van der Waals surface area contributed by atoms with E-state index in [2.05, 4.69) is 5.32 Å². The average molecular weight is 409 g/mol. The molecule has 116 valence electrons. The van der Waals surface area contributed by atoms with E-state index in [4.69, 9.17) is 5.11 Å². The highest BCUT2D eigenvalue weighted by Crippen LogP contribution is 2.26. The Kier molecular flexibility index (Phi) is 6.68. The van der Waals surface area contributed by atoms with Gasteiger partial charge in [0.25, 0.3) is 5.91 Å². The van der Waals surface area contributed by atoms with E-state index in [0.717, 1.165) is 0 Å². The van der Waals surface area contributed by atoms with Crippen molar-refractivity contribution in [2.75, 3.05) is 6.61 Å². The summed E-state index contributed by atoms with van der Waals surface area (Å²) in [4.78, 5) is 22.9. The average Bonchev–Trinajstić information content (AvgIpc) is 2.51. The molecule has 0 aliphatic carbocycles. The molecule has 21 heavy (non-hydrogen) atoms. The Balaban J connectivity index is 2.84. The van der Waals surface area contributed by atoms with Gasteiger partial charge in [-0.25, -0.2) is 0 Å².